The Kier molecular flexibility index (Phi) is 3.31. The standard InChI is InChI=1S/C14H17N7/c1-15-14-19-12-11(16-8-17-12)13(20-14)18-9-5-4-6-10(7-9)21(2)3/h4-8H,1-3H3,(H3,15,16,17,18,19,20). The van der Waals surface area contributed by atoms with E-state index in [1.807, 2.05) is 26.2 Å². The molecule has 0 atom stereocenters. The average molecular weight is 283 g/mol. The van der Waals surface area contributed by atoms with E-state index in [-0.39, 0.29) is 0 Å². The van der Waals surface area contributed by atoms with Crippen LogP contribution in [0.2, 0.25) is 0 Å². The van der Waals surface area contributed by atoms with Gasteiger partial charge in [0.25, 0.3) is 0 Å². The molecule has 0 amide bonds. The topological polar surface area (TPSA) is 81.8 Å². The molecule has 108 valence electrons. The fourth-order valence-corrected chi connectivity index (χ4v) is 2.03. The Bertz CT molecular complexity index is 763. The number of aromatic nitrogens is 4. The number of nitrogens with one attached hydrogen (secondary N) is 3. The number of rotatable bonds is 4. The van der Waals surface area contributed by atoms with Crippen molar-refractivity contribution in [3.05, 3.63) is 30.6 Å². The molecule has 21 heavy (non-hydrogen) atoms. The Hall–Kier alpha value is -2.83. The first-order valence-corrected chi connectivity index (χ1v) is 6.60. The Balaban J connectivity index is 2.01. The zero-order valence-corrected chi connectivity index (χ0v) is 12.2. The number of H-pyrrole nitrogens is 1. The molecule has 0 spiro atoms. The minimum atomic E-state index is 0.529. The van der Waals surface area contributed by atoms with Crippen molar-refractivity contribution in [2.75, 3.05) is 36.7 Å². The molecule has 0 fully saturated rings. The van der Waals surface area contributed by atoms with Crippen molar-refractivity contribution in [3.8, 4) is 0 Å². The summed E-state index contributed by atoms with van der Waals surface area (Å²) in [6.45, 7) is 0. The summed E-state index contributed by atoms with van der Waals surface area (Å²) in [5.41, 5.74) is 3.48. The van der Waals surface area contributed by atoms with Crippen molar-refractivity contribution in [3.63, 3.8) is 0 Å². The maximum atomic E-state index is 4.44. The van der Waals surface area contributed by atoms with Crippen molar-refractivity contribution in [1.82, 2.24) is 19.9 Å². The highest BCUT2D eigenvalue weighted by molar-refractivity contribution is 5.86. The lowest BCUT2D eigenvalue weighted by atomic mass is 10.2. The van der Waals surface area contributed by atoms with Crippen molar-refractivity contribution in [1.29, 1.82) is 0 Å². The number of nitrogens with zero attached hydrogens (tertiary/aromatic N) is 4. The third-order valence-corrected chi connectivity index (χ3v) is 3.13. The molecule has 0 aliphatic carbocycles. The van der Waals surface area contributed by atoms with Gasteiger partial charge in [0.1, 0.15) is 5.52 Å². The van der Waals surface area contributed by atoms with Gasteiger partial charge in [0, 0.05) is 32.5 Å². The number of benzene rings is 1. The van der Waals surface area contributed by atoms with E-state index in [1.54, 1.807) is 13.4 Å². The minimum Gasteiger partial charge on any atom is -0.378 e. The van der Waals surface area contributed by atoms with Crippen LogP contribution >= 0.6 is 0 Å². The highest BCUT2D eigenvalue weighted by atomic mass is 15.2. The molecule has 0 bridgehead atoms. The molecule has 0 unspecified atom stereocenters. The summed E-state index contributed by atoms with van der Waals surface area (Å²) < 4.78 is 0. The summed E-state index contributed by atoms with van der Waals surface area (Å²) in [4.78, 5) is 18.0. The van der Waals surface area contributed by atoms with E-state index < -0.39 is 0 Å². The largest absolute Gasteiger partial charge is 0.378 e. The molecule has 0 aliphatic heterocycles. The first kappa shape index (κ1) is 13.2. The van der Waals surface area contributed by atoms with Crippen LogP contribution in [0, 0.1) is 0 Å². The Morgan fingerprint density at radius 1 is 1.19 bits per heavy atom. The van der Waals surface area contributed by atoms with Gasteiger partial charge in [0.05, 0.1) is 6.33 Å². The van der Waals surface area contributed by atoms with Crippen LogP contribution in [0.4, 0.5) is 23.1 Å². The first-order chi connectivity index (χ1) is 10.2. The third-order valence-electron chi connectivity index (χ3n) is 3.13. The lowest BCUT2D eigenvalue weighted by molar-refractivity contribution is 1.13. The van der Waals surface area contributed by atoms with Crippen LogP contribution in [0.25, 0.3) is 11.2 Å². The zero-order chi connectivity index (χ0) is 14.8. The van der Waals surface area contributed by atoms with Gasteiger partial charge in [-0.1, -0.05) is 6.07 Å². The second-order valence-electron chi connectivity index (χ2n) is 4.82. The van der Waals surface area contributed by atoms with E-state index in [1.165, 1.54) is 0 Å². The van der Waals surface area contributed by atoms with Gasteiger partial charge in [-0.15, -0.1) is 0 Å². The predicted octanol–water partition coefficient (Wildman–Crippen LogP) is 2.20. The fourth-order valence-electron chi connectivity index (χ4n) is 2.03. The van der Waals surface area contributed by atoms with E-state index in [4.69, 9.17) is 0 Å². The van der Waals surface area contributed by atoms with Crippen LogP contribution in [0.5, 0.6) is 0 Å². The normalized spacial score (nSPS) is 10.6. The highest BCUT2D eigenvalue weighted by Gasteiger charge is 2.09. The molecule has 0 aliphatic rings. The maximum Gasteiger partial charge on any atom is 0.226 e. The summed E-state index contributed by atoms with van der Waals surface area (Å²) >= 11 is 0. The Morgan fingerprint density at radius 3 is 2.81 bits per heavy atom. The lowest BCUT2D eigenvalue weighted by Gasteiger charge is -2.14. The van der Waals surface area contributed by atoms with Gasteiger partial charge >= 0.3 is 0 Å². The number of anilines is 4. The van der Waals surface area contributed by atoms with Gasteiger partial charge in [-0.05, 0) is 18.2 Å². The molecule has 0 saturated carbocycles. The number of hydrogen-bond acceptors (Lipinski definition) is 6. The fraction of sp³-hybridized carbons (Fsp3) is 0.214. The summed E-state index contributed by atoms with van der Waals surface area (Å²) in [7, 11) is 5.80. The Labute approximate surface area is 122 Å². The first-order valence-electron chi connectivity index (χ1n) is 6.60. The third kappa shape index (κ3) is 2.58. The summed E-state index contributed by atoms with van der Waals surface area (Å²) in [5, 5.41) is 6.25. The van der Waals surface area contributed by atoms with E-state index in [0.717, 1.165) is 16.9 Å². The molecule has 3 aromatic rings. The molecular formula is C14H17N7. The van der Waals surface area contributed by atoms with Crippen LogP contribution in [0.1, 0.15) is 0 Å². The van der Waals surface area contributed by atoms with Gasteiger partial charge in [0.15, 0.2) is 11.5 Å². The number of aromatic amines is 1. The zero-order valence-electron chi connectivity index (χ0n) is 12.2. The average Bonchev–Trinajstić information content (AvgIpc) is 2.96. The number of imidazole rings is 1. The molecule has 2 heterocycles. The van der Waals surface area contributed by atoms with Gasteiger partial charge in [-0.25, -0.2) is 4.98 Å². The van der Waals surface area contributed by atoms with Crippen molar-refractivity contribution in [2.24, 2.45) is 0 Å². The second kappa shape index (κ2) is 5.28. The Morgan fingerprint density at radius 2 is 2.05 bits per heavy atom. The number of hydrogen-bond donors (Lipinski definition) is 3. The van der Waals surface area contributed by atoms with Gasteiger partial charge in [-0.2, -0.15) is 9.97 Å². The smallest absolute Gasteiger partial charge is 0.226 e. The molecule has 7 heteroatoms. The van der Waals surface area contributed by atoms with Crippen LogP contribution in [-0.4, -0.2) is 41.1 Å². The van der Waals surface area contributed by atoms with Crippen molar-refractivity contribution in [2.45, 2.75) is 0 Å². The summed E-state index contributed by atoms with van der Waals surface area (Å²) in [5.74, 6) is 1.22. The lowest BCUT2D eigenvalue weighted by Crippen LogP contribution is -2.08. The quantitative estimate of drug-likeness (QED) is 0.681. The molecule has 0 radical (unpaired) electrons. The van der Waals surface area contributed by atoms with Crippen LogP contribution < -0.4 is 15.5 Å². The molecule has 0 saturated heterocycles. The van der Waals surface area contributed by atoms with Crippen molar-refractivity contribution >= 4 is 34.3 Å². The van der Waals surface area contributed by atoms with E-state index >= 15 is 0 Å². The number of fused-ring (bicyclic) bond motifs is 1. The highest BCUT2D eigenvalue weighted by Crippen LogP contribution is 2.24. The molecule has 1 aromatic carbocycles. The maximum absolute atomic E-state index is 4.44. The minimum absolute atomic E-state index is 0.529. The molecular weight excluding hydrogens is 266 g/mol. The van der Waals surface area contributed by atoms with Gasteiger partial charge < -0.3 is 20.5 Å². The van der Waals surface area contributed by atoms with Gasteiger partial charge in [0.2, 0.25) is 5.95 Å². The molecule has 3 rings (SSSR count). The van der Waals surface area contributed by atoms with Gasteiger partial charge in [-0.3, -0.25) is 0 Å². The van der Waals surface area contributed by atoms with E-state index in [2.05, 4.69) is 47.6 Å². The molecule has 3 N–H and O–H groups in total. The SMILES string of the molecule is CNc1nc(Nc2cccc(N(C)C)c2)c2[nH]cnc2n1. The summed E-state index contributed by atoms with van der Waals surface area (Å²) in [6.07, 6.45) is 1.61. The van der Waals surface area contributed by atoms with Crippen LogP contribution in [0.3, 0.4) is 0 Å². The van der Waals surface area contributed by atoms with E-state index in [9.17, 15) is 0 Å². The molecule has 7 nitrogen and oxygen atoms in total. The monoisotopic (exact) mass is 283 g/mol. The summed E-state index contributed by atoms with van der Waals surface area (Å²) in [6, 6.07) is 8.11. The van der Waals surface area contributed by atoms with Crippen LogP contribution in [0.15, 0.2) is 30.6 Å². The van der Waals surface area contributed by atoms with E-state index in [0.29, 0.717) is 17.4 Å². The van der Waals surface area contributed by atoms with Crippen molar-refractivity contribution < 1.29 is 0 Å². The molecule has 2 aromatic heterocycles. The second-order valence-corrected chi connectivity index (χ2v) is 4.82. The predicted molar refractivity (Wildman–Crippen MR) is 85.3 cm³/mol. The van der Waals surface area contributed by atoms with Crippen LogP contribution in [-0.2, 0) is 0 Å².